The molecule has 1 heterocycles. The Labute approximate surface area is 434 Å². The van der Waals surface area contributed by atoms with Gasteiger partial charge in [-0.2, -0.15) is 0 Å². The summed E-state index contributed by atoms with van der Waals surface area (Å²) in [5.41, 5.74) is 0. The van der Waals surface area contributed by atoms with E-state index in [-0.39, 0.29) is 62.2 Å². The molecule has 9 N–H and O–H groups in total. The number of rotatable bonds is 26. The first-order valence-corrected chi connectivity index (χ1v) is 26.9. The normalized spacial score (nSPS) is 23.0. The first kappa shape index (κ1) is 65.9. The SMILES string of the molecule is CC(C)CCCCCCCCCCCC(=O)N1C(=O)C(C(C)C)NC(=O)C(CC(C)C)NC(=O)C(CC(=O)O)NC(=O)C(CC(C)C)NC(=O)C(CC(C)C)NC(=O)C(CC(C)C)NC(=O)C1C(O)CC(=O)O. The first-order valence-electron chi connectivity index (χ1n) is 26.9. The Morgan fingerprint density at radius 2 is 0.795 bits per heavy atom. The number of nitrogens with one attached hydrogen (secondary N) is 6. The Balaban J connectivity index is 4.12. The summed E-state index contributed by atoms with van der Waals surface area (Å²) in [6, 6.07) is -11.2. The van der Waals surface area contributed by atoms with Gasteiger partial charge in [0.05, 0.1) is 18.9 Å². The molecule has 1 aliphatic rings. The number of hydrogen-bond acceptors (Lipinski definition) is 11. The van der Waals surface area contributed by atoms with Crippen molar-refractivity contribution in [1.29, 1.82) is 0 Å². The summed E-state index contributed by atoms with van der Waals surface area (Å²) < 4.78 is 0. The second-order valence-electron chi connectivity index (χ2n) is 22.5. The van der Waals surface area contributed by atoms with Gasteiger partial charge in [-0.15, -0.1) is 0 Å². The minimum atomic E-state index is -2.24. The van der Waals surface area contributed by atoms with Gasteiger partial charge in [-0.05, 0) is 67.6 Å². The molecule has 0 saturated carbocycles. The van der Waals surface area contributed by atoms with E-state index < -0.39 is 126 Å². The van der Waals surface area contributed by atoms with Gasteiger partial charge in [0.1, 0.15) is 42.3 Å². The molecule has 0 aromatic carbocycles. The van der Waals surface area contributed by atoms with Crippen LogP contribution in [0, 0.1) is 35.5 Å². The highest BCUT2D eigenvalue weighted by molar-refractivity contribution is 6.05. The van der Waals surface area contributed by atoms with E-state index >= 15 is 4.79 Å². The van der Waals surface area contributed by atoms with Gasteiger partial charge in [-0.3, -0.25) is 52.8 Å². The molecule has 20 heteroatoms. The molecule has 8 amide bonds. The maximum absolute atomic E-state index is 15.1. The second-order valence-corrected chi connectivity index (χ2v) is 22.5. The molecular weight excluding hydrogens is 943 g/mol. The number of nitrogens with zero attached hydrogens (tertiary/aromatic N) is 1. The van der Waals surface area contributed by atoms with Crippen molar-refractivity contribution in [2.75, 3.05) is 0 Å². The molecule has 8 atom stereocenters. The van der Waals surface area contributed by atoms with E-state index in [2.05, 4.69) is 45.7 Å². The highest BCUT2D eigenvalue weighted by Crippen LogP contribution is 2.21. The Bertz CT molecular complexity index is 1820. The third-order valence-electron chi connectivity index (χ3n) is 12.6. The van der Waals surface area contributed by atoms with Crippen LogP contribution in [0.4, 0.5) is 0 Å². The van der Waals surface area contributed by atoms with Crippen molar-refractivity contribution >= 4 is 59.2 Å². The van der Waals surface area contributed by atoms with Gasteiger partial charge in [0.2, 0.25) is 41.4 Å². The molecule has 0 bridgehead atoms. The van der Waals surface area contributed by atoms with Crippen LogP contribution in [0.15, 0.2) is 0 Å². The fourth-order valence-corrected chi connectivity index (χ4v) is 8.82. The van der Waals surface area contributed by atoms with Crippen LogP contribution >= 0.6 is 0 Å². The van der Waals surface area contributed by atoms with E-state index in [1.165, 1.54) is 26.7 Å². The lowest BCUT2D eigenvalue weighted by molar-refractivity contribution is -0.161. The molecule has 1 aliphatic heterocycles. The van der Waals surface area contributed by atoms with Gasteiger partial charge in [0, 0.05) is 6.42 Å². The standard InChI is InChI=1S/C53H93N7O13/c1-30(2)22-20-18-16-14-13-15-17-19-21-23-42(62)60-46(41(61)29-44(65)66)52(72)58-38(26-33(7)8)49(69)55-36(24-31(3)4)47(67)54-37(25-32(5)6)48(68)57-40(28-43(63)64)50(70)56-39(27-34(9)10)51(71)59-45(35(11)12)53(60)73/h30-41,45-46,61H,13-29H2,1-12H3,(H,54,67)(H,55,69)(H,56,70)(H,57,68)(H,58,72)(H,59,71)(H,63,64)(H,65,66). The molecule has 1 fully saturated rings. The van der Waals surface area contributed by atoms with Crippen LogP contribution in [0.3, 0.4) is 0 Å². The number of carboxylic acids is 2. The van der Waals surface area contributed by atoms with Gasteiger partial charge in [-0.25, -0.2) is 0 Å². The number of aliphatic hydroxyl groups is 1. The summed E-state index contributed by atoms with van der Waals surface area (Å²) >= 11 is 0. The lowest BCUT2D eigenvalue weighted by atomic mass is 9.96. The number of aliphatic carboxylic acids is 2. The van der Waals surface area contributed by atoms with Crippen molar-refractivity contribution in [2.45, 2.75) is 241 Å². The van der Waals surface area contributed by atoms with Crippen LogP contribution < -0.4 is 31.9 Å². The molecule has 0 aliphatic carbocycles. The number of aliphatic hydroxyl groups excluding tert-OH is 1. The molecule has 8 unspecified atom stereocenters. The fraction of sp³-hybridized carbons (Fsp3) is 0.811. The van der Waals surface area contributed by atoms with Crippen LogP contribution in [0.1, 0.15) is 192 Å². The van der Waals surface area contributed by atoms with Crippen LogP contribution in [0.2, 0.25) is 0 Å². The molecule has 0 spiro atoms. The van der Waals surface area contributed by atoms with Crippen LogP contribution in [0.5, 0.6) is 0 Å². The monoisotopic (exact) mass is 1040 g/mol. The molecule has 0 aromatic heterocycles. The minimum Gasteiger partial charge on any atom is -0.481 e. The summed E-state index contributed by atoms with van der Waals surface area (Å²) in [5, 5.41) is 46.9. The zero-order valence-electron chi connectivity index (χ0n) is 46.0. The van der Waals surface area contributed by atoms with Gasteiger partial charge in [-0.1, -0.05) is 141 Å². The Morgan fingerprint density at radius 1 is 0.452 bits per heavy atom. The third kappa shape index (κ3) is 25.6. The summed E-state index contributed by atoms with van der Waals surface area (Å²) in [6.07, 6.45) is 4.56. The van der Waals surface area contributed by atoms with Crippen molar-refractivity contribution in [2.24, 2.45) is 35.5 Å². The number of carbonyl (C=O) groups excluding carboxylic acids is 8. The van der Waals surface area contributed by atoms with E-state index in [0.717, 1.165) is 38.5 Å². The van der Waals surface area contributed by atoms with E-state index in [1.54, 1.807) is 55.4 Å². The fourth-order valence-electron chi connectivity index (χ4n) is 8.82. The topological polar surface area (TPSA) is 307 Å². The predicted octanol–water partition coefficient (Wildman–Crippen LogP) is 4.73. The highest BCUT2D eigenvalue weighted by Gasteiger charge is 2.45. The minimum absolute atomic E-state index is 0.0183. The lowest BCUT2D eigenvalue weighted by Gasteiger charge is -2.37. The Morgan fingerprint density at radius 3 is 1.15 bits per heavy atom. The zero-order chi connectivity index (χ0) is 55.7. The van der Waals surface area contributed by atoms with Crippen molar-refractivity contribution in [3.8, 4) is 0 Å². The van der Waals surface area contributed by atoms with Crippen LogP contribution in [0.25, 0.3) is 0 Å². The number of carboxylic acid groups (broad SMARTS) is 2. The van der Waals surface area contributed by atoms with Gasteiger partial charge in [0.25, 0.3) is 5.91 Å². The number of imide groups is 1. The second kappa shape index (κ2) is 33.6. The average Bonchev–Trinajstić information content (AvgIpc) is 3.25. The highest BCUT2D eigenvalue weighted by atomic mass is 16.4. The molecule has 1 rings (SSSR count). The molecule has 20 nitrogen and oxygen atoms in total. The summed E-state index contributed by atoms with van der Waals surface area (Å²) in [6.45, 7) is 21.6. The Hall–Kier alpha value is -5.14. The number of hydrogen-bond donors (Lipinski definition) is 9. The molecule has 0 aromatic rings. The van der Waals surface area contributed by atoms with Crippen molar-refractivity contribution < 1.29 is 63.3 Å². The van der Waals surface area contributed by atoms with Crippen LogP contribution in [-0.2, 0) is 47.9 Å². The predicted molar refractivity (Wildman–Crippen MR) is 276 cm³/mol. The van der Waals surface area contributed by atoms with Crippen molar-refractivity contribution in [3.05, 3.63) is 0 Å². The van der Waals surface area contributed by atoms with Crippen molar-refractivity contribution in [3.63, 3.8) is 0 Å². The van der Waals surface area contributed by atoms with E-state index in [9.17, 15) is 58.5 Å². The van der Waals surface area contributed by atoms with Crippen LogP contribution in [-0.4, -0.2) is 128 Å². The lowest BCUT2D eigenvalue weighted by Crippen LogP contribution is -2.65. The summed E-state index contributed by atoms with van der Waals surface area (Å²) in [7, 11) is 0. The molecule has 418 valence electrons. The maximum Gasteiger partial charge on any atom is 0.306 e. The number of amides is 8. The molecule has 1 saturated heterocycles. The van der Waals surface area contributed by atoms with Gasteiger partial charge >= 0.3 is 11.9 Å². The zero-order valence-corrected chi connectivity index (χ0v) is 46.0. The molecule has 0 radical (unpaired) electrons. The van der Waals surface area contributed by atoms with Gasteiger partial charge in [0.15, 0.2) is 0 Å². The molecular formula is C53H93N7O13. The van der Waals surface area contributed by atoms with E-state index in [1.807, 2.05) is 0 Å². The number of carbonyl (C=O) groups is 10. The van der Waals surface area contributed by atoms with Gasteiger partial charge < -0.3 is 47.2 Å². The largest absolute Gasteiger partial charge is 0.481 e. The maximum atomic E-state index is 15.1. The smallest absolute Gasteiger partial charge is 0.306 e. The van der Waals surface area contributed by atoms with E-state index in [0.29, 0.717) is 17.2 Å². The summed E-state index contributed by atoms with van der Waals surface area (Å²) in [5.74, 6) is -12.3. The molecule has 73 heavy (non-hydrogen) atoms. The third-order valence-corrected chi connectivity index (χ3v) is 12.6. The van der Waals surface area contributed by atoms with E-state index in [4.69, 9.17) is 0 Å². The Kier molecular flexibility index (Phi) is 30.3. The van der Waals surface area contributed by atoms with Crippen molar-refractivity contribution in [1.82, 2.24) is 36.8 Å². The average molecular weight is 1040 g/mol. The number of unbranched alkanes of at least 4 members (excludes halogenated alkanes) is 8. The quantitative estimate of drug-likeness (QED) is 0.0530. The summed E-state index contributed by atoms with van der Waals surface area (Å²) in [4.78, 5) is 140. The first-order chi connectivity index (χ1) is 34.0.